The molecule has 0 aromatic heterocycles. The number of carboxylic acid groups (broad SMARTS) is 2. The first-order valence-electron chi connectivity index (χ1n) is 29.1. The number of aliphatic carboxylic acids is 2. The van der Waals surface area contributed by atoms with Crippen LogP contribution in [0.2, 0.25) is 3.67 Å². The van der Waals surface area contributed by atoms with E-state index in [0.717, 1.165) is 12.8 Å². The van der Waals surface area contributed by atoms with Gasteiger partial charge in [0.25, 0.3) is 0 Å². The number of carboxylic acids is 2. The van der Waals surface area contributed by atoms with Crippen molar-refractivity contribution in [2.75, 3.05) is 6.61 Å². The van der Waals surface area contributed by atoms with Crippen LogP contribution in [0, 0.1) is 0 Å². The quantitative estimate of drug-likeness (QED) is 0.0273. The van der Waals surface area contributed by atoms with Gasteiger partial charge in [0.1, 0.15) is 0 Å². The number of carbonyl (C=O) groups excluding carboxylic acids is 1. The molecule has 0 aromatic carbocycles. The van der Waals surface area contributed by atoms with Crippen molar-refractivity contribution in [3.8, 4) is 0 Å². The molecule has 9 heteroatoms. The Kier molecular flexibility index (Phi) is 84.2. The number of carbonyl (C=O) groups is 3. The van der Waals surface area contributed by atoms with E-state index in [4.69, 9.17) is 14.9 Å². The minimum absolute atomic E-state index is 0. The summed E-state index contributed by atoms with van der Waals surface area (Å²) in [6, 6.07) is 0. The van der Waals surface area contributed by atoms with Crippen molar-refractivity contribution in [3.63, 3.8) is 0 Å². The summed E-state index contributed by atoms with van der Waals surface area (Å²) in [5.74, 6) is -2.49. The van der Waals surface area contributed by atoms with Gasteiger partial charge in [-0.3, -0.25) is 4.79 Å². The fraction of sp³-hybridized carbons (Fsp3) is 0.914. The van der Waals surface area contributed by atoms with Gasteiger partial charge in [-0.25, -0.2) is 9.59 Å². The monoisotopic (exact) mass is 979 g/mol. The normalized spacial score (nSPS) is 10.7. The molecule has 67 heavy (non-hydrogen) atoms. The molecular weight excluding hydrogens is 863 g/mol. The zero-order chi connectivity index (χ0) is 48.2. The summed E-state index contributed by atoms with van der Waals surface area (Å²) in [6.07, 6.45) is 67.9. The van der Waals surface area contributed by atoms with Crippen LogP contribution in [-0.4, -0.2) is 115 Å². The molecule has 2 N–H and O–H groups in total. The van der Waals surface area contributed by atoms with Crippen molar-refractivity contribution >= 4 is 98.4 Å². The van der Waals surface area contributed by atoms with E-state index in [1.54, 1.807) is 0 Å². The van der Waals surface area contributed by atoms with Crippen LogP contribution in [0.1, 0.15) is 329 Å². The van der Waals surface area contributed by atoms with Gasteiger partial charge in [-0.2, -0.15) is 0 Å². The average Bonchev–Trinajstić information content (AvgIpc) is 3.29. The molecule has 0 aromatic rings. The Morgan fingerprint density at radius 3 is 0.746 bits per heavy atom. The van der Waals surface area contributed by atoms with Crippen LogP contribution in [0.4, 0.5) is 0 Å². The molecule has 0 unspecified atom stereocenters. The summed E-state index contributed by atoms with van der Waals surface area (Å²) in [7, 11) is 0. The fourth-order valence-electron chi connectivity index (χ4n) is 8.49. The van der Waals surface area contributed by atoms with Gasteiger partial charge < -0.3 is 14.9 Å². The van der Waals surface area contributed by atoms with Gasteiger partial charge in [0.2, 0.25) is 0 Å². The first-order chi connectivity index (χ1) is 31.8. The molecule has 0 atom stereocenters. The Morgan fingerprint density at radius 1 is 0.343 bits per heavy atom. The number of hydrogen-bond acceptors (Lipinski definition) is 4. The Labute approximate surface area is 474 Å². The van der Waals surface area contributed by atoms with E-state index in [1.165, 1.54) is 321 Å². The topological polar surface area (TPSA) is 101 Å². The Morgan fingerprint density at radius 2 is 0.537 bits per heavy atom. The van der Waals surface area contributed by atoms with Gasteiger partial charge >= 0.3 is 173 Å². The van der Waals surface area contributed by atoms with Gasteiger partial charge in [0.15, 0.2) is 0 Å². The zero-order valence-corrected chi connectivity index (χ0v) is 46.5. The maximum atomic E-state index is 11.9. The Bertz CT molecular complexity index is 920. The molecule has 0 spiro atoms. The minimum atomic E-state index is -1.26. The second kappa shape index (κ2) is 73.4. The van der Waals surface area contributed by atoms with Crippen molar-refractivity contribution in [1.82, 2.24) is 0 Å². The Balaban J connectivity index is -0.000000366. The van der Waals surface area contributed by atoms with Crippen LogP contribution < -0.4 is 0 Å². The first kappa shape index (κ1) is 76.8. The molecule has 0 saturated carbocycles. The van der Waals surface area contributed by atoms with Crippen LogP contribution in [-0.2, 0) is 19.1 Å². The molecule has 0 heterocycles. The third kappa shape index (κ3) is 84.1. The molecule has 6 nitrogen and oxygen atoms in total. The van der Waals surface area contributed by atoms with Gasteiger partial charge in [-0.1, -0.05) is 239 Å². The summed E-state index contributed by atoms with van der Waals surface area (Å²) in [6.45, 7) is 7.51. The van der Waals surface area contributed by atoms with Crippen LogP contribution in [0.25, 0.3) is 0 Å². The number of ether oxygens (including phenoxy) is 1. The van der Waals surface area contributed by atoms with Crippen molar-refractivity contribution < 1.29 is 29.3 Å². The molecule has 0 fully saturated rings. The molecule has 0 bridgehead atoms. The number of unbranched alkanes of at least 4 members (excludes halogenated alkanes) is 44. The number of esters is 1. The van der Waals surface area contributed by atoms with Crippen molar-refractivity contribution in [2.45, 2.75) is 333 Å². The van der Waals surface area contributed by atoms with Gasteiger partial charge in [0, 0.05) is 18.6 Å². The first-order valence-corrected chi connectivity index (χ1v) is 30.6. The van der Waals surface area contributed by atoms with Crippen LogP contribution in [0.5, 0.6) is 0 Å². The van der Waals surface area contributed by atoms with E-state index in [2.05, 4.69) is 20.8 Å². The molecule has 0 aliphatic carbocycles. The van der Waals surface area contributed by atoms with E-state index >= 15 is 0 Å². The van der Waals surface area contributed by atoms with E-state index < -0.39 is 11.9 Å². The average molecular weight is 980 g/mol. The van der Waals surface area contributed by atoms with Crippen molar-refractivity contribution in [1.29, 1.82) is 0 Å². The van der Waals surface area contributed by atoms with E-state index in [1.807, 2.05) is 0 Å². The molecule has 0 rings (SSSR count). The second-order valence-electron chi connectivity index (χ2n) is 19.5. The predicted molar refractivity (Wildman–Crippen MR) is 300 cm³/mol. The standard InChI is InChI=1S/C36H72O2.C18H37.C4H4O4.Mg.2Na.3H/c1-3-5-7-9-11-13-15-17-19-21-23-25-27-29-31-33-35-38-36(37)34-32-30-28-26-24-22-20-18-16-14-12-10-8-6-4-2;1-3-5-7-9-11-13-15-17-18-16-14-12-10-8-6-4-2;5-3(6)1-2-4(7)8;;;;;;/h3-35H2,1-2H3;1,3-18H2,2H3;1-2H,(H,5,6)(H,7,8);;;;;;/b;;2-1+;;;;;;. The summed E-state index contributed by atoms with van der Waals surface area (Å²) in [4.78, 5) is 31.0. The van der Waals surface area contributed by atoms with Crippen LogP contribution >= 0.6 is 0 Å². The van der Waals surface area contributed by atoms with E-state index in [0.29, 0.717) is 25.2 Å². The molecule has 0 radical (unpaired) electrons. The predicted octanol–water partition coefficient (Wildman–Crippen LogP) is 18.0. The number of hydrogen-bond donors (Lipinski definition) is 2. The third-order valence-electron chi connectivity index (χ3n) is 12.8. The van der Waals surface area contributed by atoms with E-state index in [-0.39, 0.29) is 58.6 Å². The summed E-state index contributed by atoms with van der Waals surface area (Å²) in [5.41, 5.74) is 0. The SMILES string of the molecule is CCCCCCCCCCCCCCCCCCOC(=O)CCCCCCCCCCCCCCCCC.CCCCCCCCCCCCCCCCC[CH2][Na].O=C(O)/C=C/C(=O)O.[MgH2].[NaH]. The zero-order valence-electron chi connectivity index (χ0n) is 44.5. The summed E-state index contributed by atoms with van der Waals surface area (Å²) < 4.78 is 6.95. The molecule has 0 aliphatic rings. The van der Waals surface area contributed by atoms with Crippen molar-refractivity contribution in [3.05, 3.63) is 12.2 Å². The maximum absolute atomic E-state index is 11.9. The fourth-order valence-corrected chi connectivity index (χ4v) is 8.99. The van der Waals surface area contributed by atoms with E-state index in [9.17, 15) is 14.4 Å². The number of rotatable bonds is 51. The van der Waals surface area contributed by atoms with Crippen LogP contribution in [0.15, 0.2) is 12.2 Å². The molecule has 0 saturated heterocycles. The molecule has 0 aliphatic heterocycles. The molecule has 0 amide bonds. The molecule has 388 valence electrons. The van der Waals surface area contributed by atoms with Crippen LogP contribution in [0.3, 0.4) is 0 Å². The third-order valence-corrected chi connectivity index (χ3v) is 13.5. The van der Waals surface area contributed by atoms with Gasteiger partial charge in [-0.15, -0.1) is 0 Å². The summed E-state index contributed by atoms with van der Waals surface area (Å²) in [5, 5.41) is 15.6. The van der Waals surface area contributed by atoms with Gasteiger partial charge in [-0.05, 0) is 12.8 Å². The summed E-state index contributed by atoms with van der Waals surface area (Å²) >= 11 is 1.41. The Hall–Kier alpha value is 0.916. The molecular formula is C58H116MgNa2O6. The second-order valence-corrected chi connectivity index (χ2v) is 20.5. The van der Waals surface area contributed by atoms with Gasteiger partial charge in [0.05, 0.1) is 6.61 Å². The van der Waals surface area contributed by atoms with Crippen molar-refractivity contribution in [2.24, 2.45) is 0 Å².